The number of aliphatic hydroxyl groups excluding tert-OH is 1. The van der Waals surface area contributed by atoms with Crippen LogP contribution in [0.2, 0.25) is 5.02 Å². The van der Waals surface area contributed by atoms with Gasteiger partial charge in [0, 0.05) is 6.42 Å². The van der Waals surface area contributed by atoms with Crippen LogP contribution in [0.5, 0.6) is 5.75 Å². The number of methoxy groups -OCH3 is 1. The summed E-state index contributed by atoms with van der Waals surface area (Å²) in [5.74, 6) is -1.26. The van der Waals surface area contributed by atoms with E-state index in [9.17, 15) is 19.8 Å². The predicted molar refractivity (Wildman–Crippen MR) is 86.7 cm³/mol. The molecule has 0 bridgehead atoms. The lowest BCUT2D eigenvalue weighted by molar-refractivity contribution is -0.143. The summed E-state index contributed by atoms with van der Waals surface area (Å²) in [6, 6.07) is 3.75. The Morgan fingerprint density at radius 3 is 2.48 bits per heavy atom. The number of hydrogen-bond donors (Lipinski definition) is 3. The summed E-state index contributed by atoms with van der Waals surface area (Å²) >= 11 is 6.01. The highest BCUT2D eigenvalue weighted by Gasteiger charge is 2.25. The molecule has 1 rings (SSSR count). The largest absolute Gasteiger partial charge is 0.495 e. The molecular weight excluding hydrogens is 322 g/mol. The van der Waals surface area contributed by atoms with Gasteiger partial charge >= 0.3 is 5.97 Å². The van der Waals surface area contributed by atoms with Crippen molar-refractivity contribution < 1.29 is 24.5 Å². The second-order valence-electron chi connectivity index (χ2n) is 5.72. The van der Waals surface area contributed by atoms with E-state index in [0.29, 0.717) is 16.3 Å². The average molecular weight is 344 g/mol. The lowest BCUT2D eigenvalue weighted by Gasteiger charge is -2.18. The number of aliphatic hydroxyl groups is 1. The molecule has 0 aliphatic heterocycles. The third kappa shape index (κ3) is 6.08. The Labute approximate surface area is 140 Å². The number of nitrogens with one attached hydrogen (secondary N) is 1. The Kier molecular flexibility index (Phi) is 7.32. The standard InChI is InChI=1S/C16H22ClNO5/c1-9(2)6-13(19)15(20)18-12(16(21)22)8-10-4-5-14(23-3)11(17)7-10/h4-5,7,9,12-13,19H,6,8H2,1-3H3,(H,18,20)(H,21,22)/t12-,13+/m1/s1. The first kappa shape index (κ1) is 19.3. The molecule has 0 saturated carbocycles. The summed E-state index contributed by atoms with van der Waals surface area (Å²) in [6.07, 6.45) is -0.901. The molecule has 0 heterocycles. The molecule has 23 heavy (non-hydrogen) atoms. The van der Waals surface area contributed by atoms with E-state index in [1.54, 1.807) is 18.2 Å². The van der Waals surface area contributed by atoms with Crippen molar-refractivity contribution in [2.75, 3.05) is 7.11 Å². The van der Waals surface area contributed by atoms with Crippen LogP contribution in [-0.2, 0) is 16.0 Å². The fraction of sp³-hybridized carbons (Fsp3) is 0.500. The van der Waals surface area contributed by atoms with Crippen molar-refractivity contribution in [3.05, 3.63) is 28.8 Å². The number of hydrogen-bond acceptors (Lipinski definition) is 4. The maximum absolute atomic E-state index is 11.9. The second-order valence-corrected chi connectivity index (χ2v) is 6.12. The van der Waals surface area contributed by atoms with E-state index in [1.807, 2.05) is 13.8 Å². The van der Waals surface area contributed by atoms with Crippen LogP contribution in [0.15, 0.2) is 18.2 Å². The Morgan fingerprint density at radius 1 is 1.35 bits per heavy atom. The number of halogens is 1. The van der Waals surface area contributed by atoms with Crippen molar-refractivity contribution in [3.63, 3.8) is 0 Å². The van der Waals surface area contributed by atoms with Crippen LogP contribution in [0.1, 0.15) is 25.8 Å². The van der Waals surface area contributed by atoms with Crippen LogP contribution in [0.25, 0.3) is 0 Å². The van der Waals surface area contributed by atoms with Gasteiger partial charge in [0.05, 0.1) is 12.1 Å². The maximum atomic E-state index is 11.9. The molecule has 1 aromatic rings. The fourth-order valence-electron chi connectivity index (χ4n) is 2.09. The van der Waals surface area contributed by atoms with Crippen LogP contribution in [0.3, 0.4) is 0 Å². The van der Waals surface area contributed by atoms with Crippen LogP contribution in [-0.4, -0.2) is 41.3 Å². The molecule has 1 aromatic carbocycles. The summed E-state index contributed by atoms with van der Waals surface area (Å²) in [7, 11) is 1.48. The van der Waals surface area contributed by atoms with Gasteiger partial charge in [0.25, 0.3) is 0 Å². The number of rotatable bonds is 8. The topological polar surface area (TPSA) is 95.9 Å². The summed E-state index contributed by atoms with van der Waals surface area (Å²) in [5.41, 5.74) is 0.641. The summed E-state index contributed by atoms with van der Waals surface area (Å²) in [6.45, 7) is 3.73. The summed E-state index contributed by atoms with van der Waals surface area (Å²) < 4.78 is 5.03. The van der Waals surface area contributed by atoms with Crippen LogP contribution < -0.4 is 10.1 Å². The summed E-state index contributed by atoms with van der Waals surface area (Å²) in [5, 5.41) is 21.7. The molecule has 0 unspecified atom stereocenters. The van der Waals surface area contributed by atoms with Crippen LogP contribution in [0.4, 0.5) is 0 Å². The zero-order valence-corrected chi connectivity index (χ0v) is 14.1. The smallest absolute Gasteiger partial charge is 0.326 e. The number of carbonyl (C=O) groups excluding carboxylic acids is 1. The molecule has 128 valence electrons. The van der Waals surface area contributed by atoms with Crippen LogP contribution >= 0.6 is 11.6 Å². The minimum absolute atomic E-state index is 0.0547. The SMILES string of the molecule is COc1ccc(C[C@@H](NC(=O)[C@@H](O)CC(C)C)C(=O)O)cc1Cl. The predicted octanol–water partition coefficient (Wildman–Crippen LogP) is 1.87. The second kappa shape index (κ2) is 8.74. The van der Waals surface area contributed by atoms with Gasteiger partial charge in [0.2, 0.25) is 5.91 Å². The quantitative estimate of drug-likeness (QED) is 0.669. The Morgan fingerprint density at radius 2 is 2.00 bits per heavy atom. The zero-order valence-electron chi connectivity index (χ0n) is 13.4. The Bertz CT molecular complexity index is 561. The molecule has 0 fully saturated rings. The van der Waals surface area contributed by atoms with Gasteiger partial charge in [-0.1, -0.05) is 31.5 Å². The first-order valence-electron chi connectivity index (χ1n) is 7.28. The number of carboxylic acids is 1. The molecule has 0 aliphatic carbocycles. The van der Waals surface area contributed by atoms with E-state index in [-0.39, 0.29) is 18.8 Å². The number of carboxylic acid groups (broad SMARTS) is 1. The van der Waals surface area contributed by atoms with Crippen LogP contribution in [0, 0.1) is 5.92 Å². The first-order chi connectivity index (χ1) is 10.7. The highest BCUT2D eigenvalue weighted by molar-refractivity contribution is 6.32. The van der Waals surface area contributed by atoms with Crippen molar-refractivity contribution in [2.45, 2.75) is 38.8 Å². The fourth-order valence-corrected chi connectivity index (χ4v) is 2.37. The van der Waals surface area contributed by atoms with E-state index in [4.69, 9.17) is 16.3 Å². The van der Waals surface area contributed by atoms with E-state index in [2.05, 4.69) is 5.32 Å². The van der Waals surface area contributed by atoms with E-state index < -0.39 is 24.0 Å². The molecule has 7 heteroatoms. The molecule has 0 aromatic heterocycles. The molecular formula is C16H22ClNO5. The van der Waals surface area contributed by atoms with E-state index in [0.717, 1.165) is 0 Å². The molecule has 0 saturated heterocycles. The third-order valence-corrected chi connectivity index (χ3v) is 3.56. The van der Waals surface area contributed by atoms with Gasteiger partial charge < -0.3 is 20.3 Å². The van der Waals surface area contributed by atoms with Crippen molar-refractivity contribution in [3.8, 4) is 5.75 Å². The van der Waals surface area contributed by atoms with Gasteiger partial charge in [-0.3, -0.25) is 4.79 Å². The molecule has 0 aliphatic rings. The monoisotopic (exact) mass is 343 g/mol. The van der Waals surface area contributed by atoms with Crippen molar-refractivity contribution in [1.29, 1.82) is 0 Å². The number of carbonyl (C=O) groups is 2. The summed E-state index contributed by atoms with van der Waals surface area (Å²) in [4.78, 5) is 23.2. The van der Waals surface area contributed by atoms with Gasteiger partial charge in [-0.15, -0.1) is 0 Å². The molecule has 0 radical (unpaired) electrons. The molecule has 0 spiro atoms. The van der Waals surface area contributed by atoms with Gasteiger partial charge in [0.1, 0.15) is 17.9 Å². The number of amides is 1. The number of aliphatic carboxylic acids is 1. The lowest BCUT2D eigenvalue weighted by Crippen LogP contribution is -2.46. The van der Waals surface area contributed by atoms with Gasteiger partial charge in [-0.05, 0) is 30.0 Å². The van der Waals surface area contributed by atoms with Gasteiger partial charge in [-0.25, -0.2) is 4.79 Å². The normalized spacial score (nSPS) is 13.5. The minimum atomic E-state index is -1.23. The third-order valence-electron chi connectivity index (χ3n) is 3.27. The number of ether oxygens (including phenoxy) is 1. The first-order valence-corrected chi connectivity index (χ1v) is 7.66. The molecule has 6 nitrogen and oxygen atoms in total. The minimum Gasteiger partial charge on any atom is -0.495 e. The zero-order chi connectivity index (χ0) is 17.6. The van der Waals surface area contributed by atoms with E-state index >= 15 is 0 Å². The lowest BCUT2D eigenvalue weighted by atomic mass is 10.0. The Balaban J connectivity index is 2.78. The number of benzene rings is 1. The van der Waals surface area contributed by atoms with Gasteiger partial charge in [-0.2, -0.15) is 0 Å². The van der Waals surface area contributed by atoms with E-state index in [1.165, 1.54) is 7.11 Å². The molecule has 1 amide bonds. The molecule has 3 N–H and O–H groups in total. The maximum Gasteiger partial charge on any atom is 0.326 e. The molecule has 2 atom stereocenters. The van der Waals surface area contributed by atoms with Crippen molar-refractivity contribution in [2.24, 2.45) is 5.92 Å². The van der Waals surface area contributed by atoms with Crippen molar-refractivity contribution in [1.82, 2.24) is 5.32 Å². The highest BCUT2D eigenvalue weighted by Crippen LogP contribution is 2.25. The van der Waals surface area contributed by atoms with Gasteiger partial charge in [0.15, 0.2) is 0 Å². The highest BCUT2D eigenvalue weighted by atomic mass is 35.5. The van der Waals surface area contributed by atoms with Crippen molar-refractivity contribution >= 4 is 23.5 Å². The Hall–Kier alpha value is -1.79. The average Bonchev–Trinajstić information content (AvgIpc) is 2.45.